The van der Waals surface area contributed by atoms with Crippen LogP contribution in [0.15, 0.2) is 63.2 Å². The number of imidazole rings is 1. The van der Waals surface area contributed by atoms with Crippen LogP contribution < -0.4 is 16.7 Å². The molecule has 2 N–H and O–H groups in total. The van der Waals surface area contributed by atoms with E-state index in [1.807, 2.05) is 43.3 Å². The van der Waals surface area contributed by atoms with Gasteiger partial charge in [0.25, 0.3) is 5.56 Å². The molecule has 0 unspecified atom stereocenters. The third kappa shape index (κ3) is 3.90. The molecule has 0 aliphatic heterocycles. The number of aromatic amines is 1. The Morgan fingerprint density at radius 3 is 2.53 bits per heavy atom. The molecule has 8 nitrogen and oxygen atoms in total. The Bertz CT molecular complexity index is 1350. The first-order chi connectivity index (χ1) is 14.4. The van der Waals surface area contributed by atoms with Gasteiger partial charge in [0.05, 0.1) is 12.8 Å². The van der Waals surface area contributed by atoms with Gasteiger partial charge in [-0.25, -0.2) is 10.2 Å². The zero-order valence-electron chi connectivity index (χ0n) is 16.4. The van der Waals surface area contributed by atoms with E-state index >= 15 is 0 Å². The third-order valence-electron chi connectivity index (χ3n) is 4.72. The Hall–Kier alpha value is -3.65. The Kier molecular flexibility index (Phi) is 5.24. The van der Waals surface area contributed by atoms with Crippen molar-refractivity contribution in [1.29, 1.82) is 0 Å². The normalized spacial score (nSPS) is 11.4. The second-order valence-corrected chi connectivity index (χ2v) is 7.36. The highest BCUT2D eigenvalue weighted by atomic mass is 35.5. The largest absolute Gasteiger partial charge is 0.329 e. The molecule has 0 spiro atoms. The van der Waals surface area contributed by atoms with Crippen LogP contribution in [0.2, 0.25) is 5.02 Å². The van der Waals surface area contributed by atoms with E-state index in [1.165, 1.54) is 4.57 Å². The van der Waals surface area contributed by atoms with E-state index in [1.54, 1.807) is 30.0 Å². The molecule has 0 amide bonds. The number of aryl methyl sites for hydroxylation is 2. The molecule has 0 bridgehead atoms. The summed E-state index contributed by atoms with van der Waals surface area (Å²) in [7, 11) is 1.56. The number of hydrogen-bond acceptors (Lipinski definition) is 5. The van der Waals surface area contributed by atoms with Crippen LogP contribution in [0.5, 0.6) is 0 Å². The second kappa shape index (κ2) is 8.00. The smallest absolute Gasteiger partial charge is 0.298 e. The molecule has 0 aliphatic carbocycles. The summed E-state index contributed by atoms with van der Waals surface area (Å²) in [5, 5.41) is 4.87. The summed E-state index contributed by atoms with van der Waals surface area (Å²) in [5.41, 5.74) is 5.41. The highest BCUT2D eigenvalue weighted by molar-refractivity contribution is 6.30. The number of rotatable bonds is 5. The van der Waals surface area contributed by atoms with E-state index in [4.69, 9.17) is 11.6 Å². The summed E-state index contributed by atoms with van der Waals surface area (Å²) in [6.45, 7) is 2.40. The maximum Gasteiger partial charge on any atom is 0.329 e. The molecule has 0 atom stereocenters. The molecule has 0 aliphatic rings. The maximum absolute atomic E-state index is 12.5. The molecule has 9 heteroatoms. The minimum atomic E-state index is -0.524. The van der Waals surface area contributed by atoms with Crippen molar-refractivity contribution in [2.75, 3.05) is 5.43 Å². The van der Waals surface area contributed by atoms with Crippen LogP contribution in [0.25, 0.3) is 11.2 Å². The first-order valence-electron chi connectivity index (χ1n) is 9.22. The van der Waals surface area contributed by atoms with Crippen molar-refractivity contribution in [2.45, 2.75) is 13.5 Å². The van der Waals surface area contributed by atoms with Crippen molar-refractivity contribution in [2.24, 2.45) is 12.1 Å². The molecule has 2 aromatic carbocycles. The SMILES string of the molecule is Cc1ccc(Cn2c(N/N=C/c3ccc(Cl)cc3)nc3c2c(=O)[nH]c(=O)n3C)cc1. The van der Waals surface area contributed by atoms with Gasteiger partial charge in [-0.15, -0.1) is 0 Å². The summed E-state index contributed by atoms with van der Waals surface area (Å²) in [6.07, 6.45) is 1.62. The molecule has 30 heavy (non-hydrogen) atoms. The van der Waals surface area contributed by atoms with Gasteiger partial charge >= 0.3 is 5.69 Å². The molecule has 0 fully saturated rings. The number of halogens is 1. The van der Waals surface area contributed by atoms with Crippen LogP contribution in [0.3, 0.4) is 0 Å². The molecule has 2 aromatic heterocycles. The van der Waals surface area contributed by atoms with Crippen molar-refractivity contribution < 1.29 is 0 Å². The van der Waals surface area contributed by atoms with Crippen LogP contribution in [0, 0.1) is 6.92 Å². The van der Waals surface area contributed by atoms with Crippen LogP contribution in [0.4, 0.5) is 5.95 Å². The minimum Gasteiger partial charge on any atom is -0.298 e. The van der Waals surface area contributed by atoms with Crippen molar-refractivity contribution in [3.8, 4) is 0 Å². The summed E-state index contributed by atoms with van der Waals surface area (Å²) in [6, 6.07) is 15.2. The Morgan fingerprint density at radius 1 is 1.13 bits per heavy atom. The topological polar surface area (TPSA) is 97.1 Å². The fraction of sp³-hybridized carbons (Fsp3) is 0.143. The van der Waals surface area contributed by atoms with Crippen LogP contribution in [-0.4, -0.2) is 25.3 Å². The molecule has 0 saturated carbocycles. The summed E-state index contributed by atoms with van der Waals surface area (Å²) in [4.78, 5) is 31.3. The van der Waals surface area contributed by atoms with Gasteiger partial charge in [0, 0.05) is 12.1 Å². The van der Waals surface area contributed by atoms with Gasteiger partial charge in [-0.05, 0) is 30.2 Å². The molecule has 4 rings (SSSR count). The lowest BCUT2D eigenvalue weighted by Gasteiger charge is -2.08. The highest BCUT2D eigenvalue weighted by Crippen LogP contribution is 2.18. The van der Waals surface area contributed by atoms with Crippen molar-refractivity contribution >= 4 is 34.9 Å². The molecule has 2 heterocycles. The van der Waals surface area contributed by atoms with E-state index in [0.29, 0.717) is 23.0 Å². The van der Waals surface area contributed by atoms with Gasteiger partial charge < -0.3 is 0 Å². The molecule has 152 valence electrons. The van der Waals surface area contributed by atoms with Crippen LogP contribution in [-0.2, 0) is 13.6 Å². The van der Waals surface area contributed by atoms with E-state index in [2.05, 4.69) is 20.5 Å². The first-order valence-corrected chi connectivity index (χ1v) is 9.60. The van der Waals surface area contributed by atoms with Crippen LogP contribution in [0.1, 0.15) is 16.7 Å². The number of anilines is 1. The molecule has 0 saturated heterocycles. The number of hydrazone groups is 1. The predicted octanol–water partition coefficient (Wildman–Crippen LogP) is 2.88. The number of H-pyrrole nitrogens is 1. The summed E-state index contributed by atoms with van der Waals surface area (Å²) >= 11 is 5.90. The zero-order valence-corrected chi connectivity index (χ0v) is 17.1. The number of hydrogen-bond donors (Lipinski definition) is 2. The zero-order chi connectivity index (χ0) is 21.3. The van der Waals surface area contributed by atoms with Crippen LogP contribution >= 0.6 is 11.6 Å². The average Bonchev–Trinajstić information content (AvgIpc) is 3.08. The van der Waals surface area contributed by atoms with Gasteiger partial charge in [0.2, 0.25) is 5.95 Å². The van der Waals surface area contributed by atoms with Crippen molar-refractivity contribution in [1.82, 2.24) is 19.1 Å². The third-order valence-corrected chi connectivity index (χ3v) is 4.97. The first kappa shape index (κ1) is 19.7. The second-order valence-electron chi connectivity index (χ2n) is 6.92. The number of aromatic nitrogens is 4. The lowest BCUT2D eigenvalue weighted by Crippen LogP contribution is -2.29. The average molecular weight is 423 g/mol. The van der Waals surface area contributed by atoms with Gasteiger partial charge in [-0.1, -0.05) is 53.6 Å². The maximum atomic E-state index is 12.5. The fourth-order valence-electron chi connectivity index (χ4n) is 3.06. The van der Waals surface area contributed by atoms with E-state index in [9.17, 15) is 9.59 Å². The van der Waals surface area contributed by atoms with Gasteiger partial charge in [-0.3, -0.25) is 18.9 Å². The lowest BCUT2D eigenvalue weighted by molar-refractivity contribution is 0.808. The Morgan fingerprint density at radius 2 is 1.83 bits per heavy atom. The Balaban J connectivity index is 1.77. The quantitative estimate of drug-likeness (QED) is 0.381. The van der Waals surface area contributed by atoms with Gasteiger partial charge in [-0.2, -0.15) is 10.1 Å². The van der Waals surface area contributed by atoms with E-state index in [0.717, 1.165) is 16.7 Å². The van der Waals surface area contributed by atoms with E-state index in [-0.39, 0.29) is 5.65 Å². The monoisotopic (exact) mass is 422 g/mol. The van der Waals surface area contributed by atoms with Crippen molar-refractivity contribution in [3.63, 3.8) is 0 Å². The highest BCUT2D eigenvalue weighted by Gasteiger charge is 2.17. The van der Waals surface area contributed by atoms with Gasteiger partial charge in [0.15, 0.2) is 11.2 Å². The Labute approximate surface area is 176 Å². The molecular weight excluding hydrogens is 404 g/mol. The minimum absolute atomic E-state index is 0.278. The summed E-state index contributed by atoms with van der Waals surface area (Å²) in [5.74, 6) is 0.350. The lowest BCUT2D eigenvalue weighted by atomic mass is 10.1. The number of fused-ring (bicyclic) bond motifs is 1. The van der Waals surface area contributed by atoms with Gasteiger partial charge in [0.1, 0.15) is 0 Å². The van der Waals surface area contributed by atoms with Crippen molar-refractivity contribution in [3.05, 3.63) is 91.1 Å². The predicted molar refractivity (Wildman–Crippen MR) is 119 cm³/mol. The molecular formula is C21H19ClN6O2. The number of nitrogens with one attached hydrogen (secondary N) is 2. The fourth-order valence-corrected chi connectivity index (χ4v) is 3.19. The number of benzene rings is 2. The van der Waals surface area contributed by atoms with E-state index < -0.39 is 11.2 Å². The summed E-state index contributed by atoms with van der Waals surface area (Å²) < 4.78 is 3.01. The molecule has 4 aromatic rings. The standard InChI is InChI=1S/C21H19ClN6O2/c1-13-3-5-15(6-4-13)12-28-17-18(27(2)21(30)25-19(17)29)24-20(28)26-23-11-14-7-9-16(22)10-8-14/h3-11H,12H2,1-2H3,(H,24,26)(H,25,29,30)/b23-11+. The molecule has 0 radical (unpaired) electrons. The number of nitrogens with zero attached hydrogens (tertiary/aromatic N) is 4.